The van der Waals surface area contributed by atoms with E-state index >= 15 is 0 Å². The Balaban J connectivity index is 3.34. The predicted octanol–water partition coefficient (Wildman–Crippen LogP) is -1.45. The van der Waals surface area contributed by atoms with Crippen molar-refractivity contribution in [2.45, 2.75) is 11.4 Å². The molecule has 0 amide bonds. The van der Waals surface area contributed by atoms with Crippen LogP contribution in [0.2, 0.25) is 0 Å². The van der Waals surface area contributed by atoms with Gasteiger partial charge in [0.15, 0.2) is 4.90 Å². The lowest BCUT2D eigenvalue weighted by atomic mass is 10.6. The van der Waals surface area contributed by atoms with Gasteiger partial charge < -0.3 is 0 Å². The van der Waals surface area contributed by atoms with Gasteiger partial charge in [-0.15, -0.1) is 0 Å². The van der Waals surface area contributed by atoms with Crippen LogP contribution in [0.15, 0.2) is 20.7 Å². The minimum absolute atomic E-state index is 0.305. The fourth-order valence-corrected chi connectivity index (χ4v) is 2.01. The Morgan fingerprint density at radius 1 is 1.50 bits per heavy atom. The van der Waals surface area contributed by atoms with Crippen molar-refractivity contribution < 1.29 is 8.42 Å². The van der Waals surface area contributed by atoms with Gasteiger partial charge in [0, 0.05) is 18.5 Å². The van der Waals surface area contributed by atoms with Gasteiger partial charge >= 0.3 is 5.69 Å². The van der Waals surface area contributed by atoms with Crippen molar-refractivity contribution in [3.05, 3.63) is 27.0 Å². The zero-order valence-electron chi connectivity index (χ0n) is 8.47. The fourth-order valence-electron chi connectivity index (χ4n) is 1.05. The molecule has 9 heteroatoms. The van der Waals surface area contributed by atoms with Crippen LogP contribution >= 0.6 is 11.8 Å². The molecule has 0 radical (unpaired) electrons. The summed E-state index contributed by atoms with van der Waals surface area (Å²) in [6.07, 6.45) is 2.81. The van der Waals surface area contributed by atoms with Gasteiger partial charge in [-0.2, -0.15) is 11.8 Å². The number of primary sulfonamides is 1. The second-order valence-electron chi connectivity index (χ2n) is 2.98. The van der Waals surface area contributed by atoms with Crippen LogP contribution in [0.1, 0.15) is 0 Å². The van der Waals surface area contributed by atoms with E-state index in [0.717, 1.165) is 10.8 Å². The molecule has 0 saturated carbocycles. The molecule has 1 aromatic heterocycles. The van der Waals surface area contributed by atoms with E-state index < -0.39 is 26.2 Å². The number of hydrogen-bond acceptors (Lipinski definition) is 5. The molecule has 0 aliphatic carbocycles. The van der Waals surface area contributed by atoms with Crippen molar-refractivity contribution in [3.63, 3.8) is 0 Å². The molecule has 0 aliphatic rings. The molecule has 0 aromatic carbocycles. The highest BCUT2D eigenvalue weighted by atomic mass is 32.2. The van der Waals surface area contributed by atoms with Crippen molar-refractivity contribution in [1.29, 1.82) is 0 Å². The van der Waals surface area contributed by atoms with E-state index in [-0.39, 0.29) is 0 Å². The van der Waals surface area contributed by atoms with Crippen molar-refractivity contribution in [2.24, 2.45) is 5.14 Å². The number of aryl methyl sites for hydroxylation is 1. The van der Waals surface area contributed by atoms with Crippen LogP contribution in [0.3, 0.4) is 0 Å². The molecule has 3 N–H and O–H groups in total. The van der Waals surface area contributed by atoms with Crippen LogP contribution in [0, 0.1) is 0 Å². The first-order valence-corrected chi connectivity index (χ1v) is 7.16. The van der Waals surface area contributed by atoms with E-state index in [9.17, 15) is 18.0 Å². The van der Waals surface area contributed by atoms with Gasteiger partial charge in [0.2, 0.25) is 10.0 Å². The molecule has 0 spiro atoms. The fraction of sp³-hybridized carbons (Fsp3) is 0.429. The summed E-state index contributed by atoms with van der Waals surface area (Å²) in [6, 6.07) is 0. The van der Waals surface area contributed by atoms with Gasteiger partial charge in [0.1, 0.15) is 0 Å². The van der Waals surface area contributed by atoms with Crippen molar-refractivity contribution in [2.75, 3.05) is 12.0 Å². The summed E-state index contributed by atoms with van der Waals surface area (Å²) in [4.78, 5) is 23.8. The molecule has 0 bridgehead atoms. The Morgan fingerprint density at radius 3 is 2.62 bits per heavy atom. The van der Waals surface area contributed by atoms with Crippen LogP contribution in [0.4, 0.5) is 0 Å². The van der Waals surface area contributed by atoms with E-state index in [2.05, 4.69) is 0 Å². The highest BCUT2D eigenvalue weighted by Gasteiger charge is 2.15. The maximum Gasteiger partial charge on any atom is 0.328 e. The zero-order chi connectivity index (χ0) is 12.3. The van der Waals surface area contributed by atoms with E-state index in [0.29, 0.717) is 12.3 Å². The summed E-state index contributed by atoms with van der Waals surface area (Å²) in [6.45, 7) is 0.305. The Kier molecular flexibility index (Phi) is 3.94. The number of nitrogens with zero attached hydrogens (tertiary/aromatic N) is 1. The second-order valence-corrected chi connectivity index (χ2v) is 5.50. The zero-order valence-corrected chi connectivity index (χ0v) is 10.1. The first-order valence-electron chi connectivity index (χ1n) is 4.22. The van der Waals surface area contributed by atoms with Crippen molar-refractivity contribution in [1.82, 2.24) is 9.55 Å². The molecule has 0 atom stereocenters. The summed E-state index contributed by atoms with van der Waals surface area (Å²) in [5, 5.41) is 4.84. The van der Waals surface area contributed by atoms with Crippen LogP contribution < -0.4 is 16.4 Å². The third kappa shape index (κ3) is 2.97. The Labute approximate surface area is 95.7 Å². The third-order valence-electron chi connectivity index (χ3n) is 1.82. The van der Waals surface area contributed by atoms with Crippen LogP contribution in [-0.4, -0.2) is 30.0 Å². The minimum Gasteiger partial charge on any atom is -0.298 e. The van der Waals surface area contributed by atoms with Crippen LogP contribution in [0.5, 0.6) is 0 Å². The maximum absolute atomic E-state index is 11.3. The molecular weight excluding hydrogens is 254 g/mol. The van der Waals surface area contributed by atoms with Crippen LogP contribution in [-0.2, 0) is 16.6 Å². The molecule has 1 aromatic rings. The lowest BCUT2D eigenvalue weighted by molar-refractivity contribution is 0.590. The molecule has 0 saturated heterocycles. The van der Waals surface area contributed by atoms with E-state index in [1.165, 1.54) is 11.8 Å². The number of H-pyrrole nitrogens is 1. The number of thioether (sulfide) groups is 1. The first-order chi connectivity index (χ1) is 7.36. The smallest absolute Gasteiger partial charge is 0.298 e. The highest BCUT2D eigenvalue weighted by molar-refractivity contribution is 7.98. The third-order valence-corrected chi connectivity index (χ3v) is 3.32. The lowest BCUT2D eigenvalue weighted by Gasteiger charge is -2.04. The van der Waals surface area contributed by atoms with Crippen molar-refractivity contribution >= 4 is 21.8 Å². The van der Waals surface area contributed by atoms with Gasteiger partial charge in [-0.3, -0.25) is 14.3 Å². The number of sulfonamides is 1. The summed E-state index contributed by atoms with van der Waals surface area (Å²) in [5.74, 6) is 0.621. The SMILES string of the molecule is CSCCn1cc(S(N)(=O)=O)c(=O)[nH]c1=O. The summed E-state index contributed by atoms with van der Waals surface area (Å²) in [7, 11) is -4.11. The van der Waals surface area contributed by atoms with Gasteiger partial charge in [-0.05, 0) is 6.26 Å². The first kappa shape index (κ1) is 13.0. The largest absolute Gasteiger partial charge is 0.328 e. The van der Waals surface area contributed by atoms with Crippen LogP contribution in [0.25, 0.3) is 0 Å². The molecule has 90 valence electrons. The standard InChI is InChI=1S/C7H11N3O4S2/c1-15-3-2-10-4-5(16(8,13)14)6(11)9-7(10)12/h4H,2-3H2,1H3,(H2,8,13,14)(H,9,11,12). The van der Waals surface area contributed by atoms with E-state index in [1.54, 1.807) is 0 Å². The Morgan fingerprint density at radius 2 is 2.12 bits per heavy atom. The number of rotatable bonds is 4. The van der Waals surface area contributed by atoms with E-state index in [4.69, 9.17) is 5.14 Å². The molecule has 16 heavy (non-hydrogen) atoms. The average molecular weight is 265 g/mol. The van der Waals surface area contributed by atoms with E-state index in [1.807, 2.05) is 11.2 Å². The quantitative estimate of drug-likeness (QED) is 0.691. The topological polar surface area (TPSA) is 115 Å². The number of hydrogen-bond donors (Lipinski definition) is 2. The summed E-state index contributed by atoms with van der Waals surface area (Å²) < 4.78 is 23.2. The molecule has 0 fully saturated rings. The molecule has 0 aliphatic heterocycles. The molecular formula is C7H11N3O4S2. The molecule has 1 heterocycles. The second kappa shape index (κ2) is 4.85. The van der Waals surface area contributed by atoms with Gasteiger partial charge in [-0.1, -0.05) is 0 Å². The number of aromatic amines is 1. The Bertz CT molecular complexity index is 586. The normalized spacial score (nSPS) is 11.6. The highest BCUT2D eigenvalue weighted by Crippen LogP contribution is 1.97. The summed E-state index contributed by atoms with van der Waals surface area (Å²) >= 11 is 1.49. The minimum atomic E-state index is -4.11. The average Bonchev–Trinajstić information content (AvgIpc) is 2.14. The molecule has 0 unspecified atom stereocenters. The number of aromatic nitrogens is 2. The summed E-state index contributed by atoms with van der Waals surface area (Å²) in [5.41, 5.74) is -1.64. The van der Waals surface area contributed by atoms with Gasteiger partial charge in [0.25, 0.3) is 5.56 Å². The van der Waals surface area contributed by atoms with Gasteiger partial charge in [0.05, 0.1) is 0 Å². The number of nitrogens with two attached hydrogens (primary N) is 1. The monoisotopic (exact) mass is 265 g/mol. The maximum atomic E-state index is 11.3. The lowest BCUT2D eigenvalue weighted by Crippen LogP contribution is -2.35. The number of nitrogens with one attached hydrogen (secondary N) is 1. The van der Waals surface area contributed by atoms with Gasteiger partial charge in [-0.25, -0.2) is 18.4 Å². The van der Waals surface area contributed by atoms with Crippen molar-refractivity contribution in [3.8, 4) is 0 Å². The molecule has 7 nitrogen and oxygen atoms in total. The molecule has 1 rings (SSSR count). The Hall–Kier alpha value is -1.06. The predicted molar refractivity (Wildman–Crippen MR) is 61.1 cm³/mol.